The average Bonchev–Trinajstić information content (AvgIpc) is 2.54. The van der Waals surface area contributed by atoms with Crippen LogP contribution in [0.25, 0.3) is 0 Å². The third kappa shape index (κ3) is 15.4. The van der Waals surface area contributed by atoms with Crippen LogP contribution in [-0.4, -0.2) is 18.9 Å². The fourth-order valence-electron chi connectivity index (χ4n) is 1.92. The Kier molecular flexibility index (Phi) is 17.8. The second-order valence-corrected chi connectivity index (χ2v) is 5.69. The molecule has 0 bridgehead atoms. The molecule has 1 rings (SSSR count). The van der Waals surface area contributed by atoms with Crippen molar-refractivity contribution >= 4 is 24.3 Å². The standard InChI is InChI=1S/C11H16B2.C8H14.C2H6/c1-9(2)12-13(4)11-7-5-10(3)6-8-11;1-3-5-7-8-6-4-2;1-2/h5-8H,1-4H3;3,5,7-8H,4,6H2,1-2H3;1-2H3/b;5-3-,8-7-;. The molecule has 0 spiro atoms. The summed E-state index contributed by atoms with van der Waals surface area (Å²) in [7, 11) is 0. The molecule has 0 aliphatic rings. The third-order valence-electron chi connectivity index (χ3n) is 3.08. The van der Waals surface area contributed by atoms with E-state index in [0.29, 0.717) is 6.60 Å². The molecule has 2 heteroatoms. The molecule has 0 radical (unpaired) electrons. The summed E-state index contributed by atoms with van der Waals surface area (Å²) in [5.41, 5.74) is 4.10. The predicted molar refractivity (Wildman–Crippen MR) is 115 cm³/mol. The summed E-state index contributed by atoms with van der Waals surface area (Å²) >= 11 is 0. The first-order valence-electron chi connectivity index (χ1n) is 9.00. The van der Waals surface area contributed by atoms with Gasteiger partial charge in [-0.05, 0) is 13.3 Å². The van der Waals surface area contributed by atoms with E-state index >= 15 is 0 Å². The van der Waals surface area contributed by atoms with E-state index in [2.05, 4.69) is 83.8 Å². The smallest absolute Gasteiger partial charge is 0.0683 e. The molecule has 0 heterocycles. The normalized spacial score (nSPS) is 9.57. The Bertz CT molecular complexity index is 449. The van der Waals surface area contributed by atoms with Crippen molar-refractivity contribution < 1.29 is 0 Å². The summed E-state index contributed by atoms with van der Waals surface area (Å²) in [6.45, 7) is 19.7. The summed E-state index contributed by atoms with van der Waals surface area (Å²) in [4.78, 5) is 0. The van der Waals surface area contributed by atoms with Crippen LogP contribution in [0.2, 0.25) is 6.82 Å². The molecule has 126 valence electrons. The van der Waals surface area contributed by atoms with Crippen LogP contribution in [0, 0.1) is 6.92 Å². The van der Waals surface area contributed by atoms with Crippen molar-refractivity contribution in [3.05, 3.63) is 54.1 Å². The van der Waals surface area contributed by atoms with Gasteiger partial charge in [0.15, 0.2) is 0 Å². The van der Waals surface area contributed by atoms with Gasteiger partial charge in [-0.25, -0.2) is 0 Å². The molecule has 0 aliphatic carbocycles. The van der Waals surface area contributed by atoms with Crippen molar-refractivity contribution in [2.75, 3.05) is 0 Å². The van der Waals surface area contributed by atoms with Crippen molar-refractivity contribution in [1.29, 1.82) is 0 Å². The van der Waals surface area contributed by atoms with Gasteiger partial charge in [-0.15, -0.1) is 0 Å². The first-order valence-corrected chi connectivity index (χ1v) is 9.00. The fourth-order valence-corrected chi connectivity index (χ4v) is 1.92. The van der Waals surface area contributed by atoms with E-state index in [1.165, 1.54) is 29.3 Å². The number of hydrogen-bond acceptors (Lipinski definition) is 0. The summed E-state index contributed by atoms with van der Waals surface area (Å²) in [5.74, 6) is 0. The Morgan fingerprint density at radius 1 is 1.09 bits per heavy atom. The van der Waals surface area contributed by atoms with Gasteiger partial charge < -0.3 is 0 Å². The molecule has 0 nitrogen and oxygen atoms in total. The molecule has 0 aromatic heterocycles. The molecular weight excluding hydrogens is 274 g/mol. The second kappa shape index (κ2) is 17.1. The average molecular weight is 310 g/mol. The van der Waals surface area contributed by atoms with E-state index in [1.807, 2.05) is 26.8 Å². The van der Waals surface area contributed by atoms with Crippen molar-refractivity contribution in [1.82, 2.24) is 0 Å². The van der Waals surface area contributed by atoms with Gasteiger partial charge >= 0.3 is 81.8 Å². The van der Waals surface area contributed by atoms with E-state index in [4.69, 9.17) is 0 Å². The zero-order chi connectivity index (χ0) is 18.1. The SMILES string of the molecule is C/C=C\C=C/CCC.CB(B=C(C)C)c1ccc(C)cc1.CC. The van der Waals surface area contributed by atoms with Crippen LogP contribution < -0.4 is 5.46 Å². The maximum Gasteiger partial charge on any atom is -0.0683 e. The van der Waals surface area contributed by atoms with Gasteiger partial charge in [0.05, 0.1) is 0 Å². The fraction of sp³-hybridized carbons (Fsp3) is 0.476. The van der Waals surface area contributed by atoms with Crippen LogP contribution in [0.4, 0.5) is 0 Å². The number of unbranched alkanes of at least 4 members (excludes halogenated alkanes) is 1. The summed E-state index contributed by atoms with van der Waals surface area (Å²) < 4.78 is 0. The van der Waals surface area contributed by atoms with E-state index < -0.39 is 0 Å². The van der Waals surface area contributed by atoms with Crippen molar-refractivity contribution in [2.45, 2.75) is 68.1 Å². The summed E-state index contributed by atoms with van der Waals surface area (Å²) in [6.07, 6.45) is 10.8. The van der Waals surface area contributed by atoms with Crippen LogP contribution in [-0.2, 0) is 0 Å². The van der Waals surface area contributed by atoms with Crippen LogP contribution in [0.1, 0.15) is 59.9 Å². The number of rotatable bonds is 5. The predicted octanol–water partition coefficient (Wildman–Crippen LogP) is 5.68. The van der Waals surface area contributed by atoms with Gasteiger partial charge in [0.25, 0.3) is 0 Å². The van der Waals surface area contributed by atoms with Gasteiger partial charge in [0.1, 0.15) is 0 Å². The van der Waals surface area contributed by atoms with Crippen LogP contribution >= 0.6 is 0 Å². The molecule has 0 N–H and O–H groups in total. The number of hydrogen-bond donors (Lipinski definition) is 0. The minimum absolute atomic E-state index is 0.533. The van der Waals surface area contributed by atoms with E-state index in [9.17, 15) is 0 Å². The molecule has 0 atom stereocenters. The van der Waals surface area contributed by atoms with Gasteiger partial charge in [0, 0.05) is 0 Å². The monoisotopic (exact) mass is 310 g/mol. The molecule has 0 aliphatic heterocycles. The Morgan fingerprint density at radius 3 is 2.09 bits per heavy atom. The van der Waals surface area contributed by atoms with Crippen LogP contribution in [0.5, 0.6) is 0 Å². The zero-order valence-corrected chi connectivity index (χ0v) is 16.7. The number of allylic oxidation sites excluding steroid dienone is 4. The van der Waals surface area contributed by atoms with Gasteiger partial charge in [-0.2, -0.15) is 0 Å². The first-order chi connectivity index (χ1) is 11.0. The van der Waals surface area contributed by atoms with Gasteiger partial charge in [-0.3, -0.25) is 0 Å². The number of aryl methyl sites for hydroxylation is 1. The topological polar surface area (TPSA) is 0 Å². The largest absolute Gasteiger partial charge is 0.0683 e. The first kappa shape index (κ1) is 24.0. The van der Waals surface area contributed by atoms with E-state index in [1.54, 1.807) is 0 Å². The molecule has 1 aromatic carbocycles. The summed E-state index contributed by atoms with van der Waals surface area (Å²) in [5, 5.41) is 0. The van der Waals surface area contributed by atoms with Crippen LogP contribution in [0.15, 0.2) is 48.6 Å². The second-order valence-electron chi connectivity index (χ2n) is 5.69. The van der Waals surface area contributed by atoms with Crippen molar-refractivity contribution in [3.63, 3.8) is 0 Å². The molecule has 0 saturated heterocycles. The Morgan fingerprint density at radius 2 is 1.65 bits per heavy atom. The minimum Gasteiger partial charge on any atom is -0.0683 e. The number of benzene rings is 1. The molecular formula is C21H36B2. The Balaban J connectivity index is 0. The minimum atomic E-state index is 0.533. The van der Waals surface area contributed by atoms with E-state index in [0.717, 1.165) is 0 Å². The van der Waals surface area contributed by atoms with Crippen LogP contribution in [0.3, 0.4) is 0 Å². The molecule has 1 aromatic rings. The molecule has 0 amide bonds. The maximum absolute atomic E-state index is 2.30. The third-order valence-corrected chi connectivity index (χ3v) is 3.08. The van der Waals surface area contributed by atoms with Crippen molar-refractivity contribution in [3.8, 4) is 0 Å². The Labute approximate surface area is 147 Å². The van der Waals surface area contributed by atoms with Gasteiger partial charge in [0.2, 0.25) is 0 Å². The van der Waals surface area contributed by atoms with E-state index in [-0.39, 0.29) is 0 Å². The molecule has 23 heavy (non-hydrogen) atoms. The zero-order valence-electron chi connectivity index (χ0n) is 16.7. The van der Waals surface area contributed by atoms with Gasteiger partial charge in [-0.1, -0.05) is 51.5 Å². The maximum atomic E-state index is 2.30. The molecule has 0 fully saturated rings. The molecule has 0 saturated carbocycles. The molecule has 0 unspecified atom stereocenters. The Hall–Kier alpha value is -1.30. The quantitative estimate of drug-likeness (QED) is 0.484. The van der Waals surface area contributed by atoms with Crippen molar-refractivity contribution in [2.24, 2.45) is 0 Å². The summed E-state index contributed by atoms with van der Waals surface area (Å²) in [6, 6.07) is 8.76.